The first-order valence-corrected chi connectivity index (χ1v) is 5.81. The van der Waals surface area contributed by atoms with Gasteiger partial charge >= 0.3 is 0 Å². The monoisotopic (exact) mass is 235 g/mol. The van der Waals surface area contributed by atoms with Gasteiger partial charge in [0, 0.05) is 11.8 Å². The van der Waals surface area contributed by atoms with Crippen molar-refractivity contribution in [1.29, 1.82) is 0 Å². The Bertz CT molecular complexity index is 470. The fourth-order valence-corrected chi connectivity index (χ4v) is 1.90. The van der Waals surface area contributed by atoms with Gasteiger partial charge in [0.1, 0.15) is 10.8 Å². The molecule has 16 heavy (non-hydrogen) atoms. The van der Waals surface area contributed by atoms with E-state index in [4.69, 9.17) is 10.5 Å². The van der Waals surface area contributed by atoms with Crippen molar-refractivity contribution in [3.05, 3.63) is 30.5 Å². The topological polar surface area (TPSA) is 60.2 Å². The van der Waals surface area contributed by atoms with Crippen molar-refractivity contribution in [2.45, 2.75) is 6.92 Å². The molecule has 0 fully saturated rings. The highest BCUT2D eigenvalue weighted by Gasteiger charge is 2.00. The summed E-state index contributed by atoms with van der Waals surface area (Å²) in [5.74, 6) is 0.844. The molecule has 4 nitrogen and oxygen atoms in total. The van der Waals surface area contributed by atoms with Gasteiger partial charge in [-0.05, 0) is 19.1 Å². The summed E-state index contributed by atoms with van der Waals surface area (Å²) in [6.45, 7) is 2.62. The minimum absolute atomic E-state index is 0.660. The number of nitrogens with zero attached hydrogens (tertiary/aromatic N) is 1. The van der Waals surface area contributed by atoms with Gasteiger partial charge in [0.15, 0.2) is 5.13 Å². The summed E-state index contributed by atoms with van der Waals surface area (Å²) < 4.78 is 5.41. The zero-order valence-electron chi connectivity index (χ0n) is 8.93. The molecule has 0 saturated heterocycles. The molecule has 0 bridgehead atoms. The molecule has 0 aliphatic rings. The number of nitrogen functional groups attached to an aromatic ring is 1. The van der Waals surface area contributed by atoms with Crippen LogP contribution in [0.4, 0.5) is 15.8 Å². The van der Waals surface area contributed by atoms with E-state index in [0.717, 1.165) is 16.6 Å². The van der Waals surface area contributed by atoms with E-state index in [-0.39, 0.29) is 0 Å². The van der Waals surface area contributed by atoms with Crippen molar-refractivity contribution in [2.75, 3.05) is 17.7 Å². The maximum Gasteiger partial charge on any atom is 0.189 e. The first-order chi connectivity index (χ1) is 7.78. The number of ether oxygens (including phenoxy) is 1. The van der Waals surface area contributed by atoms with Gasteiger partial charge in [0.05, 0.1) is 12.8 Å². The van der Waals surface area contributed by atoms with Crippen molar-refractivity contribution < 1.29 is 4.74 Å². The molecule has 0 spiro atoms. The molecule has 84 valence electrons. The Hall–Kier alpha value is -1.75. The van der Waals surface area contributed by atoms with Crippen LogP contribution in [0.3, 0.4) is 0 Å². The third kappa shape index (κ3) is 2.64. The van der Waals surface area contributed by atoms with Crippen molar-refractivity contribution in [2.24, 2.45) is 0 Å². The van der Waals surface area contributed by atoms with Crippen LogP contribution < -0.4 is 15.8 Å². The summed E-state index contributed by atoms with van der Waals surface area (Å²) in [5.41, 5.74) is 6.55. The van der Waals surface area contributed by atoms with E-state index < -0.39 is 0 Å². The van der Waals surface area contributed by atoms with Crippen LogP contribution >= 0.6 is 11.3 Å². The largest absolute Gasteiger partial charge is 0.494 e. The van der Waals surface area contributed by atoms with Crippen LogP contribution in [-0.2, 0) is 0 Å². The van der Waals surface area contributed by atoms with E-state index in [1.165, 1.54) is 11.3 Å². The predicted octanol–water partition coefficient (Wildman–Crippen LogP) is 2.87. The lowest BCUT2D eigenvalue weighted by atomic mass is 10.3. The molecule has 1 aromatic carbocycles. The van der Waals surface area contributed by atoms with Gasteiger partial charge in [-0.25, -0.2) is 4.98 Å². The Morgan fingerprint density at radius 3 is 3.06 bits per heavy atom. The Morgan fingerprint density at radius 1 is 1.50 bits per heavy atom. The maximum atomic E-state index is 5.60. The molecule has 0 aliphatic heterocycles. The quantitative estimate of drug-likeness (QED) is 0.855. The molecule has 0 saturated carbocycles. The number of nitrogens with two attached hydrogens (primary N) is 1. The van der Waals surface area contributed by atoms with Gasteiger partial charge < -0.3 is 15.8 Å². The summed E-state index contributed by atoms with van der Waals surface area (Å²) in [6.07, 6.45) is 1.64. The van der Waals surface area contributed by atoms with Crippen molar-refractivity contribution in [1.82, 2.24) is 4.98 Å². The predicted molar refractivity (Wildman–Crippen MR) is 67.4 cm³/mol. The minimum atomic E-state index is 0.660. The molecule has 1 heterocycles. The number of benzene rings is 1. The molecule has 2 aromatic rings. The van der Waals surface area contributed by atoms with Crippen molar-refractivity contribution >= 4 is 27.2 Å². The van der Waals surface area contributed by atoms with Gasteiger partial charge in [-0.3, -0.25) is 0 Å². The average molecular weight is 235 g/mol. The molecule has 0 aliphatic carbocycles. The normalized spacial score (nSPS) is 10.1. The molecule has 0 atom stereocenters. The van der Waals surface area contributed by atoms with Gasteiger partial charge in [0.2, 0.25) is 0 Å². The summed E-state index contributed by atoms with van der Waals surface area (Å²) in [7, 11) is 0. The lowest BCUT2D eigenvalue weighted by molar-refractivity contribution is 0.340. The average Bonchev–Trinajstić information content (AvgIpc) is 2.65. The molecule has 0 radical (unpaired) electrons. The fraction of sp³-hybridized carbons (Fsp3) is 0.182. The van der Waals surface area contributed by atoms with Crippen molar-refractivity contribution in [3.63, 3.8) is 0 Å². The highest BCUT2D eigenvalue weighted by Crippen LogP contribution is 2.25. The highest BCUT2D eigenvalue weighted by atomic mass is 32.1. The summed E-state index contributed by atoms with van der Waals surface area (Å²) in [6, 6.07) is 7.75. The molecule has 3 N–H and O–H groups in total. The minimum Gasteiger partial charge on any atom is -0.494 e. The summed E-state index contributed by atoms with van der Waals surface area (Å²) in [4.78, 5) is 4.13. The lowest BCUT2D eigenvalue weighted by Crippen LogP contribution is -1.93. The Balaban J connectivity index is 2.12. The van der Waals surface area contributed by atoms with E-state index in [0.29, 0.717) is 11.6 Å². The summed E-state index contributed by atoms with van der Waals surface area (Å²) >= 11 is 1.42. The number of thiazole rings is 1. The highest BCUT2D eigenvalue weighted by molar-refractivity contribution is 7.19. The van der Waals surface area contributed by atoms with E-state index in [1.54, 1.807) is 6.20 Å². The third-order valence-corrected chi connectivity index (χ3v) is 2.66. The molecule has 1 aromatic heterocycles. The van der Waals surface area contributed by atoms with Gasteiger partial charge in [-0.15, -0.1) is 0 Å². The lowest BCUT2D eigenvalue weighted by Gasteiger charge is -2.06. The van der Waals surface area contributed by atoms with Crippen LogP contribution in [-0.4, -0.2) is 11.6 Å². The SMILES string of the molecule is CCOc1cccc(Nc2ncc(N)s2)c1. The van der Waals surface area contributed by atoms with E-state index in [9.17, 15) is 0 Å². The first kappa shape index (κ1) is 10.8. The zero-order chi connectivity index (χ0) is 11.4. The number of hydrogen-bond acceptors (Lipinski definition) is 5. The number of rotatable bonds is 4. The van der Waals surface area contributed by atoms with Gasteiger partial charge in [-0.2, -0.15) is 0 Å². The third-order valence-electron chi connectivity index (χ3n) is 1.92. The van der Waals surface area contributed by atoms with E-state index in [1.807, 2.05) is 31.2 Å². The number of anilines is 3. The van der Waals surface area contributed by atoms with E-state index in [2.05, 4.69) is 10.3 Å². The van der Waals surface area contributed by atoms with Crippen LogP contribution in [0.2, 0.25) is 0 Å². The van der Waals surface area contributed by atoms with Crippen LogP contribution in [0, 0.1) is 0 Å². The second-order valence-electron chi connectivity index (χ2n) is 3.15. The standard InChI is InChI=1S/C11H13N3OS/c1-2-15-9-5-3-4-8(6-9)14-11-13-7-10(12)16-11/h3-7H,2,12H2,1H3,(H,13,14). The maximum absolute atomic E-state index is 5.60. The second kappa shape index (κ2) is 4.85. The number of nitrogens with one attached hydrogen (secondary N) is 1. The first-order valence-electron chi connectivity index (χ1n) is 4.99. The van der Waals surface area contributed by atoms with Crippen LogP contribution in [0.5, 0.6) is 5.75 Å². The molecule has 2 rings (SSSR count). The zero-order valence-corrected chi connectivity index (χ0v) is 9.75. The fourth-order valence-electron chi connectivity index (χ4n) is 1.30. The van der Waals surface area contributed by atoms with Crippen LogP contribution in [0.15, 0.2) is 30.5 Å². The Labute approximate surface area is 98.1 Å². The Morgan fingerprint density at radius 2 is 2.38 bits per heavy atom. The molecule has 0 unspecified atom stereocenters. The summed E-state index contributed by atoms with van der Waals surface area (Å²) in [5, 5.41) is 4.65. The number of aromatic nitrogens is 1. The van der Waals surface area contributed by atoms with Gasteiger partial charge in [0.25, 0.3) is 0 Å². The molecule has 0 amide bonds. The molecular weight excluding hydrogens is 222 g/mol. The van der Waals surface area contributed by atoms with Crippen molar-refractivity contribution in [3.8, 4) is 5.75 Å². The Kier molecular flexibility index (Phi) is 3.26. The second-order valence-corrected chi connectivity index (χ2v) is 4.22. The molecular formula is C11H13N3OS. The van der Waals surface area contributed by atoms with E-state index >= 15 is 0 Å². The smallest absolute Gasteiger partial charge is 0.189 e. The number of hydrogen-bond donors (Lipinski definition) is 2. The van der Waals surface area contributed by atoms with Crippen LogP contribution in [0.1, 0.15) is 6.92 Å². The van der Waals surface area contributed by atoms with Gasteiger partial charge in [-0.1, -0.05) is 17.4 Å². The van der Waals surface area contributed by atoms with Crippen LogP contribution in [0.25, 0.3) is 0 Å². The molecule has 5 heteroatoms.